The van der Waals surface area contributed by atoms with E-state index in [1.54, 1.807) is 18.2 Å². The molecule has 2 aromatic heterocycles. The van der Waals surface area contributed by atoms with Gasteiger partial charge < -0.3 is 14.2 Å². The van der Waals surface area contributed by atoms with Gasteiger partial charge >= 0.3 is 5.76 Å². The zero-order valence-electron chi connectivity index (χ0n) is 15.4. The average Bonchev–Trinajstić information content (AvgIpc) is 3.06. The summed E-state index contributed by atoms with van der Waals surface area (Å²) >= 11 is 0. The van der Waals surface area contributed by atoms with Crippen LogP contribution in [0.2, 0.25) is 0 Å². The summed E-state index contributed by atoms with van der Waals surface area (Å²) in [6.07, 6.45) is 0.797. The van der Waals surface area contributed by atoms with E-state index in [0.29, 0.717) is 29.8 Å². The number of aryl methyl sites for hydroxylation is 2. The molecule has 0 spiro atoms. The van der Waals surface area contributed by atoms with E-state index in [2.05, 4.69) is 19.9 Å². The summed E-state index contributed by atoms with van der Waals surface area (Å²) in [7, 11) is 0. The van der Waals surface area contributed by atoms with E-state index >= 15 is 0 Å². The van der Waals surface area contributed by atoms with Crippen molar-refractivity contribution in [2.75, 3.05) is 31.1 Å². The van der Waals surface area contributed by atoms with Gasteiger partial charge in [0.05, 0.1) is 5.52 Å². The van der Waals surface area contributed by atoms with Crippen LogP contribution in [0.3, 0.4) is 0 Å². The first-order chi connectivity index (χ1) is 13.0. The van der Waals surface area contributed by atoms with Gasteiger partial charge in [0, 0.05) is 49.9 Å². The number of aromatic nitrogens is 3. The summed E-state index contributed by atoms with van der Waals surface area (Å²) in [5, 5.41) is 0. The highest BCUT2D eigenvalue weighted by atomic mass is 16.4. The fourth-order valence-corrected chi connectivity index (χ4v) is 3.34. The number of fused-ring (bicyclic) bond motifs is 1. The summed E-state index contributed by atoms with van der Waals surface area (Å²) in [5.41, 5.74) is 2.48. The third-order valence-electron chi connectivity index (χ3n) is 4.76. The number of oxazole rings is 1. The Hall–Kier alpha value is -3.16. The van der Waals surface area contributed by atoms with Crippen LogP contribution in [0.1, 0.15) is 28.8 Å². The number of amides is 1. The van der Waals surface area contributed by atoms with Crippen molar-refractivity contribution in [3.63, 3.8) is 0 Å². The molecular weight excluding hydrogens is 346 g/mol. The summed E-state index contributed by atoms with van der Waals surface area (Å²) in [4.78, 5) is 39.7. The van der Waals surface area contributed by atoms with Gasteiger partial charge in [-0.05, 0) is 25.1 Å². The van der Waals surface area contributed by atoms with Gasteiger partial charge in [-0.1, -0.05) is 6.92 Å². The highest BCUT2D eigenvalue weighted by Crippen LogP contribution is 2.18. The van der Waals surface area contributed by atoms with Gasteiger partial charge in [-0.3, -0.25) is 9.78 Å². The maximum atomic E-state index is 12.8. The number of rotatable bonds is 3. The van der Waals surface area contributed by atoms with Crippen LogP contribution >= 0.6 is 0 Å². The lowest BCUT2D eigenvalue weighted by Crippen LogP contribution is -2.49. The Morgan fingerprint density at radius 2 is 1.96 bits per heavy atom. The number of H-pyrrole nitrogens is 1. The summed E-state index contributed by atoms with van der Waals surface area (Å²) in [5.74, 6) is 1.19. The number of piperazine rings is 1. The lowest BCUT2D eigenvalue weighted by atomic mass is 10.1. The Morgan fingerprint density at radius 1 is 1.19 bits per heavy atom. The van der Waals surface area contributed by atoms with Crippen LogP contribution in [0.25, 0.3) is 11.1 Å². The molecule has 1 saturated heterocycles. The summed E-state index contributed by atoms with van der Waals surface area (Å²) in [6.45, 7) is 6.68. The Morgan fingerprint density at radius 3 is 2.70 bits per heavy atom. The molecule has 1 fully saturated rings. The van der Waals surface area contributed by atoms with Crippen LogP contribution in [-0.4, -0.2) is 51.9 Å². The van der Waals surface area contributed by atoms with Crippen molar-refractivity contribution in [3.05, 3.63) is 51.9 Å². The smallest absolute Gasteiger partial charge is 0.408 e. The Balaban J connectivity index is 1.47. The molecule has 0 aliphatic carbocycles. The third kappa shape index (κ3) is 3.42. The Labute approximate surface area is 155 Å². The maximum Gasteiger partial charge on any atom is 0.417 e. The molecule has 0 saturated carbocycles. The molecule has 8 heteroatoms. The van der Waals surface area contributed by atoms with E-state index < -0.39 is 5.76 Å². The van der Waals surface area contributed by atoms with Crippen LogP contribution in [0, 0.1) is 6.92 Å². The van der Waals surface area contributed by atoms with E-state index in [-0.39, 0.29) is 5.91 Å². The number of hydrogen-bond acceptors (Lipinski definition) is 6. The molecule has 4 rings (SSSR count). The first-order valence-electron chi connectivity index (χ1n) is 9.05. The summed E-state index contributed by atoms with van der Waals surface area (Å²) in [6, 6.07) is 6.98. The number of carbonyl (C=O) groups is 1. The second-order valence-electron chi connectivity index (χ2n) is 6.64. The first kappa shape index (κ1) is 17.3. The minimum absolute atomic E-state index is 0.0493. The molecule has 1 aromatic carbocycles. The van der Waals surface area contributed by atoms with E-state index in [1.807, 2.05) is 24.8 Å². The normalized spacial score (nSPS) is 14.7. The van der Waals surface area contributed by atoms with Crippen molar-refractivity contribution in [1.82, 2.24) is 19.9 Å². The van der Waals surface area contributed by atoms with Gasteiger partial charge in [0.2, 0.25) is 0 Å². The van der Waals surface area contributed by atoms with Crippen LogP contribution in [0.4, 0.5) is 5.82 Å². The molecule has 1 aliphatic rings. The largest absolute Gasteiger partial charge is 0.417 e. The molecule has 140 valence electrons. The van der Waals surface area contributed by atoms with Crippen molar-refractivity contribution in [2.24, 2.45) is 0 Å². The molecular formula is C19H21N5O3. The standard InChI is InChI=1S/C19H21N5O3/c1-3-16-20-12(2)10-17(22-16)23-6-8-24(9-7-23)18(25)13-4-5-15-14(11-13)21-19(26)27-15/h4-5,10-11H,3,6-9H2,1-2H3,(H,21,26). The molecule has 1 aliphatic heterocycles. The number of carbonyl (C=O) groups excluding carboxylic acids is 1. The predicted molar refractivity (Wildman–Crippen MR) is 101 cm³/mol. The van der Waals surface area contributed by atoms with Gasteiger partial charge in [-0.2, -0.15) is 0 Å². The van der Waals surface area contributed by atoms with Crippen molar-refractivity contribution in [3.8, 4) is 0 Å². The van der Waals surface area contributed by atoms with Crippen molar-refractivity contribution < 1.29 is 9.21 Å². The number of aromatic amines is 1. The van der Waals surface area contributed by atoms with Crippen molar-refractivity contribution >= 4 is 22.8 Å². The van der Waals surface area contributed by atoms with Gasteiger partial charge in [0.15, 0.2) is 5.58 Å². The van der Waals surface area contributed by atoms with Crippen molar-refractivity contribution in [1.29, 1.82) is 0 Å². The van der Waals surface area contributed by atoms with Crippen molar-refractivity contribution in [2.45, 2.75) is 20.3 Å². The molecule has 0 bridgehead atoms. The lowest BCUT2D eigenvalue weighted by Gasteiger charge is -2.35. The third-order valence-corrected chi connectivity index (χ3v) is 4.76. The lowest BCUT2D eigenvalue weighted by molar-refractivity contribution is 0.0746. The molecule has 1 N–H and O–H groups in total. The van der Waals surface area contributed by atoms with E-state index in [4.69, 9.17) is 4.42 Å². The monoisotopic (exact) mass is 367 g/mol. The van der Waals surface area contributed by atoms with Crippen LogP contribution in [-0.2, 0) is 6.42 Å². The van der Waals surface area contributed by atoms with E-state index in [1.165, 1.54) is 0 Å². The molecule has 0 unspecified atom stereocenters. The number of nitrogens with one attached hydrogen (secondary N) is 1. The zero-order valence-corrected chi connectivity index (χ0v) is 15.4. The average molecular weight is 367 g/mol. The van der Waals surface area contributed by atoms with Gasteiger partial charge in [-0.15, -0.1) is 0 Å². The Bertz CT molecular complexity index is 1050. The molecule has 1 amide bonds. The number of nitrogens with zero attached hydrogens (tertiary/aromatic N) is 4. The number of hydrogen-bond donors (Lipinski definition) is 1. The minimum Gasteiger partial charge on any atom is -0.408 e. The molecule has 3 aromatic rings. The zero-order chi connectivity index (χ0) is 19.0. The quantitative estimate of drug-likeness (QED) is 0.758. The van der Waals surface area contributed by atoms with Gasteiger partial charge in [0.1, 0.15) is 11.6 Å². The molecule has 3 heterocycles. The minimum atomic E-state index is -0.519. The molecule has 8 nitrogen and oxygen atoms in total. The van der Waals surface area contributed by atoms with Crippen LogP contribution < -0.4 is 10.7 Å². The fourth-order valence-electron chi connectivity index (χ4n) is 3.34. The number of anilines is 1. The van der Waals surface area contributed by atoms with E-state index in [9.17, 15) is 9.59 Å². The summed E-state index contributed by atoms with van der Waals surface area (Å²) < 4.78 is 4.98. The topological polar surface area (TPSA) is 95.3 Å². The Kier molecular flexibility index (Phi) is 4.39. The second-order valence-corrected chi connectivity index (χ2v) is 6.64. The predicted octanol–water partition coefficient (Wildman–Crippen LogP) is 1.74. The van der Waals surface area contributed by atoms with Crippen LogP contribution in [0.5, 0.6) is 0 Å². The molecule has 0 radical (unpaired) electrons. The highest BCUT2D eigenvalue weighted by molar-refractivity contribution is 5.97. The fraction of sp³-hybridized carbons (Fsp3) is 0.368. The maximum absolute atomic E-state index is 12.8. The van der Waals surface area contributed by atoms with Gasteiger partial charge in [0.25, 0.3) is 5.91 Å². The molecule has 27 heavy (non-hydrogen) atoms. The second kappa shape index (κ2) is 6.86. The van der Waals surface area contributed by atoms with Crippen LogP contribution in [0.15, 0.2) is 33.5 Å². The molecule has 0 atom stereocenters. The SMILES string of the molecule is CCc1nc(C)cc(N2CCN(C(=O)c3ccc4oc(=O)[nH]c4c3)CC2)n1. The van der Waals surface area contributed by atoms with E-state index in [0.717, 1.165) is 36.8 Å². The highest BCUT2D eigenvalue weighted by Gasteiger charge is 2.23. The van der Waals surface area contributed by atoms with Gasteiger partial charge in [-0.25, -0.2) is 14.8 Å². The number of benzene rings is 1. The first-order valence-corrected chi connectivity index (χ1v) is 9.05.